The summed E-state index contributed by atoms with van der Waals surface area (Å²) in [6.45, 7) is 0. The second-order valence-electron chi connectivity index (χ2n) is 6.23. The van der Waals surface area contributed by atoms with E-state index in [9.17, 15) is 14.7 Å². The number of hydrazone groups is 1. The minimum absolute atomic E-state index is 0.0570. The lowest BCUT2D eigenvalue weighted by Crippen LogP contribution is -2.22. The molecule has 1 N–H and O–H groups in total. The fourth-order valence-electron chi connectivity index (χ4n) is 2.76. The third-order valence-corrected chi connectivity index (χ3v) is 4.20. The number of furan rings is 1. The first-order chi connectivity index (χ1) is 14.5. The van der Waals surface area contributed by atoms with Crippen molar-refractivity contribution in [3.8, 4) is 22.8 Å². The number of benzene rings is 2. The van der Waals surface area contributed by atoms with E-state index >= 15 is 0 Å². The van der Waals surface area contributed by atoms with Crippen molar-refractivity contribution >= 4 is 18.1 Å². The van der Waals surface area contributed by atoms with E-state index in [2.05, 4.69) is 10.5 Å². The number of carbonyl (C=O) groups is 2. The fraction of sp³-hybridized carbons (Fsp3) is 0.136. The van der Waals surface area contributed by atoms with E-state index in [0.29, 0.717) is 28.6 Å². The number of hydrogen-bond acceptors (Lipinski definition) is 7. The van der Waals surface area contributed by atoms with Gasteiger partial charge in [0, 0.05) is 5.56 Å². The summed E-state index contributed by atoms with van der Waals surface area (Å²) in [4.78, 5) is 23.1. The lowest BCUT2D eigenvalue weighted by molar-refractivity contribution is -0.255. The number of nitrogens with zero attached hydrogens (tertiary/aromatic N) is 1. The predicted molar refractivity (Wildman–Crippen MR) is 107 cm³/mol. The maximum absolute atomic E-state index is 12.1. The number of amides is 1. The van der Waals surface area contributed by atoms with Crippen molar-refractivity contribution in [1.29, 1.82) is 0 Å². The van der Waals surface area contributed by atoms with Crippen molar-refractivity contribution < 1.29 is 28.6 Å². The molecule has 8 nitrogen and oxygen atoms in total. The quantitative estimate of drug-likeness (QED) is 0.451. The van der Waals surface area contributed by atoms with Crippen LogP contribution in [-0.4, -0.2) is 32.3 Å². The lowest BCUT2D eigenvalue weighted by atomic mass is 10.1. The molecule has 0 aliphatic heterocycles. The summed E-state index contributed by atoms with van der Waals surface area (Å²) < 4.78 is 16.0. The van der Waals surface area contributed by atoms with Gasteiger partial charge in [-0.1, -0.05) is 24.3 Å². The van der Waals surface area contributed by atoms with Gasteiger partial charge in [-0.2, -0.15) is 5.10 Å². The first-order valence-electron chi connectivity index (χ1n) is 8.94. The highest BCUT2D eigenvalue weighted by atomic mass is 16.5. The molecular weight excluding hydrogens is 388 g/mol. The van der Waals surface area contributed by atoms with Gasteiger partial charge >= 0.3 is 0 Å². The van der Waals surface area contributed by atoms with Gasteiger partial charge < -0.3 is 23.8 Å². The van der Waals surface area contributed by atoms with E-state index in [1.807, 2.05) is 0 Å². The summed E-state index contributed by atoms with van der Waals surface area (Å²) in [6.07, 6.45) is 1.47. The maximum atomic E-state index is 12.1. The Kier molecular flexibility index (Phi) is 6.49. The molecule has 2 aromatic carbocycles. The van der Waals surface area contributed by atoms with Gasteiger partial charge in [0.2, 0.25) is 5.91 Å². The van der Waals surface area contributed by atoms with Gasteiger partial charge in [-0.15, -0.1) is 0 Å². The lowest BCUT2D eigenvalue weighted by Gasteiger charge is -2.09. The van der Waals surface area contributed by atoms with Crippen LogP contribution in [-0.2, 0) is 11.2 Å². The molecule has 0 aliphatic carbocycles. The number of nitrogens with one attached hydrogen (secondary N) is 1. The number of rotatable bonds is 8. The highest BCUT2D eigenvalue weighted by Crippen LogP contribution is 2.27. The van der Waals surface area contributed by atoms with Crippen molar-refractivity contribution in [3.63, 3.8) is 0 Å². The SMILES string of the molecule is COc1ccc(CC(=O)N/N=C\c2ccc(-c3cccc(C(=O)[O-])c3)o2)cc1OC. The molecule has 0 bridgehead atoms. The van der Waals surface area contributed by atoms with E-state index in [4.69, 9.17) is 13.9 Å². The van der Waals surface area contributed by atoms with Crippen LogP contribution in [0.25, 0.3) is 11.3 Å². The summed E-state index contributed by atoms with van der Waals surface area (Å²) in [7, 11) is 3.07. The molecule has 0 saturated carbocycles. The van der Waals surface area contributed by atoms with Gasteiger partial charge in [0.25, 0.3) is 0 Å². The monoisotopic (exact) mass is 407 g/mol. The average Bonchev–Trinajstić information content (AvgIpc) is 3.22. The third kappa shape index (κ3) is 5.05. The summed E-state index contributed by atoms with van der Waals surface area (Å²) in [5.74, 6) is 0.413. The standard InChI is InChI=1S/C22H20N2O6/c1-28-19-8-6-14(10-20(19)29-2)11-21(25)24-23-13-17-7-9-18(30-17)15-4-3-5-16(12-15)22(26)27/h3-10,12-13H,11H2,1-2H3,(H,24,25)(H,26,27)/p-1/b23-13-. The first kappa shape index (κ1) is 20.7. The Morgan fingerprint density at radius 1 is 1.07 bits per heavy atom. The third-order valence-electron chi connectivity index (χ3n) is 4.20. The van der Waals surface area contributed by atoms with Crippen LogP contribution in [0.5, 0.6) is 11.5 Å². The normalized spacial score (nSPS) is 10.7. The molecular formula is C22H19N2O6-. The van der Waals surface area contributed by atoms with Gasteiger partial charge in [-0.05, 0) is 41.5 Å². The largest absolute Gasteiger partial charge is 0.545 e. The Balaban J connectivity index is 1.60. The van der Waals surface area contributed by atoms with Crippen molar-refractivity contribution in [2.24, 2.45) is 5.10 Å². The number of carboxylic acids is 1. The molecule has 1 heterocycles. The average molecular weight is 407 g/mol. The van der Waals surface area contributed by atoms with Gasteiger partial charge in [0.05, 0.1) is 32.8 Å². The summed E-state index contributed by atoms with van der Waals surface area (Å²) >= 11 is 0. The van der Waals surface area contributed by atoms with Crippen LogP contribution >= 0.6 is 0 Å². The zero-order valence-electron chi connectivity index (χ0n) is 16.4. The molecule has 0 spiro atoms. The predicted octanol–water partition coefficient (Wildman–Crippen LogP) is 2.02. The molecule has 1 aromatic heterocycles. The maximum Gasteiger partial charge on any atom is 0.244 e. The van der Waals surface area contributed by atoms with Crippen LogP contribution < -0.4 is 20.0 Å². The highest BCUT2D eigenvalue weighted by molar-refractivity contribution is 5.87. The van der Waals surface area contributed by atoms with Crippen LogP contribution in [0.1, 0.15) is 21.7 Å². The second-order valence-corrected chi connectivity index (χ2v) is 6.23. The molecule has 3 aromatic rings. The molecule has 3 rings (SSSR count). The second kappa shape index (κ2) is 9.42. The fourth-order valence-corrected chi connectivity index (χ4v) is 2.76. The zero-order valence-corrected chi connectivity index (χ0v) is 16.4. The molecule has 1 amide bonds. The van der Waals surface area contributed by atoms with Crippen LogP contribution in [0.3, 0.4) is 0 Å². The number of carboxylic acid groups (broad SMARTS) is 1. The summed E-state index contributed by atoms with van der Waals surface area (Å²) in [6, 6.07) is 14.8. The van der Waals surface area contributed by atoms with Crippen molar-refractivity contribution in [2.45, 2.75) is 6.42 Å². The highest BCUT2D eigenvalue weighted by Gasteiger charge is 2.08. The zero-order chi connectivity index (χ0) is 21.5. The van der Waals surface area contributed by atoms with E-state index in [0.717, 1.165) is 5.56 Å². The van der Waals surface area contributed by atoms with Crippen LogP contribution in [0.15, 0.2) is 64.1 Å². The molecule has 0 fully saturated rings. The summed E-state index contributed by atoms with van der Waals surface area (Å²) in [5, 5.41) is 14.9. The molecule has 0 saturated heterocycles. The van der Waals surface area contributed by atoms with Crippen LogP contribution in [0, 0.1) is 0 Å². The smallest absolute Gasteiger partial charge is 0.244 e. The Labute approximate surface area is 172 Å². The Hall–Kier alpha value is -4.07. The Bertz CT molecular complexity index is 1090. The first-order valence-corrected chi connectivity index (χ1v) is 8.94. The number of methoxy groups -OCH3 is 2. The molecule has 154 valence electrons. The van der Waals surface area contributed by atoms with Gasteiger partial charge in [-0.25, -0.2) is 5.43 Å². The number of hydrogen-bond donors (Lipinski definition) is 1. The van der Waals surface area contributed by atoms with Crippen LogP contribution in [0.4, 0.5) is 0 Å². The van der Waals surface area contributed by atoms with E-state index in [-0.39, 0.29) is 17.9 Å². The van der Waals surface area contributed by atoms with Crippen molar-refractivity contribution in [1.82, 2.24) is 5.43 Å². The number of carbonyl (C=O) groups excluding carboxylic acids is 2. The molecule has 8 heteroatoms. The van der Waals surface area contributed by atoms with E-state index in [1.165, 1.54) is 25.5 Å². The van der Waals surface area contributed by atoms with Crippen molar-refractivity contribution in [3.05, 3.63) is 71.5 Å². The number of ether oxygens (including phenoxy) is 2. The van der Waals surface area contributed by atoms with E-state index in [1.54, 1.807) is 49.6 Å². The number of aromatic carboxylic acids is 1. The molecule has 0 aliphatic rings. The molecule has 0 unspecified atom stereocenters. The topological polar surface area (TPSA) is 113 Å². The summed E-state index contributed by atoms with van der Waals surface area (Å²) in [5.41, 5.74) is 3.82. The Morgan fingerprint density at radius 3 is 2.60 bits per heavy atom. The van der Waals surface area contributed by atoms with Gasteiger partial charge in [-0.3, -0.25) is 4.79 Å². The van der Waals surface area contributed by atoms with Crippen LogP contribution in [0.2, 0.25) is 0 Å². The van der Waals surface area contributed by atoms with Crippen molar-refractivity contribution in [2.75, 3.05) is 14.2 Å². The van der Waals surface area contributed by atoms with Gasteiger partial charge in [0.15, 0.2) is 11.5 Å². The molecule has 30 heavy (non-hydrogen) atoms. The van der Waals surface area contributed by atoms with Gasteiger partial charge in [0.1, 0.15) is 11.5 Å². The van der Waals surface area contributed by atoms with E-state index < -0.39 is 5.97 Å². The molecule has 0 atom stereocenters. The Morgan fingerprint density at radius 2 is 1.87 bits per heavy atom. The molecule has 0 radical (unpaired) electrons. The minimum Gasteiger partial charge on any atom is -0.545 e. The minimum atomic E-state index is -1.26.